The molecular weight excluding hydrogens is 234 g/mol. The number of benzene rings is 2. The summed E-state index contributed by atoms with van der Waals surface area (Å²) in [7, 11) is 1.68. The van der Waals surface area contributed by atoms with Gasteiger partial charge in [-0.3, -0.25) is 0 Å². The highest BCUT2D eigenvalue weighted by atomic mass is 16.5. The van der Waals surface area contributed by atoms with E-state index in [9.17, 15) is 0 Å². The second-order valence-electron chi connectivity index (χ2n) is 5.26. The van der Waals surface area contributed by atoms with Crippen LogP contribution in [0.25, 0.3) is 0 Å². The minimum atomic E-state index is -0.377. The largest absolute Gasteiger partial charge is 0.497 e. The number of nitrogens with two attached hydrogens (primary N) is 1. The molecule has 0 saturated carbocycles. The molecule has 0 fully saturated rings. The van der Waals surface area contributed by atoms with Gasteiger partial charge in [-0.2, -0.15) is 0 Å². The lowest BCUT2D eigenvalue weighted by Crippen LogP contribution is -2.36. The van der Waals surface area contributed by atoms with E-state index in [1.165, 1.54) is 11.1 Å². The van der Waals surface area contributed by atoms with Crippen molar-refractivity contribution in [3.8, 4) is 5.75 Å². The van der Waals surface area contributed by atoms with E-state index in [0.29, 0.717) is 0 Å². The Bertz CT molecular complexity index is 546. The fourth-order valence-corrected chi connectivity index (χ4v) is 2.52. The molecule has 2 aromatic carbocycles. The zero-order valence-corrected chi connectivity index (χ0v) is 11.8. The van der Waals surface area contributed by atoms with Crippen molar-refractivity contribution in [2.24, 2.45) is 5.73 Å². The smallest absolute Gasteiger partial charge is 0.119 e. The molecule has 100 valence electrons. The van der Waals surface area contributed by atoms with Crippen LogP contribution in [0.15, 0.2) is 48.5 Å². The van der Waals surface area contributed by atoms with Crippen molar-refractivity contribution >= 4 is 0 Å². The van der Waals surface area contributed by atoms with Crippen LogP contribution >= 0.6 is 0 Å². The van der Waals surface area contributed by atoms with Crippen LogP contribution in [0.4, 0.5) is 0 Å². The zero-order valence-electron chi connectivity index (χ0n) is 11.8. The second-order valence-corrected chi connectivity index (χ2v) is 5.26. The van der Waals surface area contributed by atoms with Gasteiger partial charge < -0.3 is 10.5 Å². The van der Waals surface area contributed by atoms with Gasteiger partial charge in [0.25, 0.3) is 0 Å². The average molecular weight is 255 g/mol. The third-order valence-corrected chi connectivity index (χ3v) is 3.46. The maximum absolute atomic E-state index is 6.52. The molecule has 0 heterocycles. The van der Waals surface area contributed by atoms with Crippen LogP contribution in [0, 0.1) is 6.92 Å². The van der Waals surface area contributed by atoms with Gasteiger partial charge in [-0.25, -0.2) is 0 Å². The van der Waals surface area contributed by atoms with Gasteiger partial charge in [0.05, 0.1) is 7.11 Å². The van der Waals surface area contributed by atoms with E-state index >= 15 is 0 Å². The Morgan fingerprint density at radius 3 is 2.37 bits per heavy atom. The first-order valence-corrected chi connectivity index (χ1v) is 6.51. The Labute approximate surface area is 115 Å². The quantitative estimate of drug-likeness (QED) is 0.908. The van der Waals surface area contributed by atoms with Gasteiger partial charge in [-0.15, -0.1) is 0 Å². The van der Waals surface area contributed by atoms with Crippen LogP contribution in [0.2, 0.25) is 0 Å². The monoisotopic (exact) mass is 255 g/mol. The summed E-state index contributed by atoms with van der Waals surface area (Å²) in [5.74, 6) is 0.872. The minimum absolute atomic E-state index is 0.377. The zero-order chi connectivity index (χ0) is 13.9. The summed E-state index contributed by atoms with van der Waals surface area (Å²) in [6.07, 6.45) is 0.820. The van der Waals surface area contributed by atoms with E-state index in [4.69, 9.17) is 10.5 Å². The van der Waals surface area contributed by atoms with Crippen molar-refractivity contribution in [1.29, 1.82) is 0 Å². The number of hydrogen-bond donors (Lipinski definition) is 1. The van der Waals surface area contributed by atoms with Crippen LogP contribution < -0.4 is 10.5 Å². The summed E-state index contributed by atoms with van der Waals surface area (Å²) >= 11 is 0. The molecule has 1 atom stereocenters. The first kappa shape index (κ1) is 13.6. The lowest BCUT2D eigenvalue weighted by Gasteiger charge is -2.27. The summed E-state index contributed by atoms with van der Waals surface area (Å²) in [6, 6.07) is 16.4. The minimum Gasteiger partial charge on any atom is -0.497 e. The van der Waals surface area contributed by atoms with Crippen molar-refractivity contribution in [2.75, 3.05) is 7.11 Å². The maximum atomic E-state index is 6.52. The van der Waals surface area contributed by atoms with Gasteiger partial charge in [0.1, 0.15) is 5.75 Å². The molecule has 0 aromatic heterocycles. The molecule has 0 amide bonds. The first-order chi connectivity index (χ1) is 9.03. The van der Waals surface area contributed by atoms with E-state index in [1.54, 1.807) is 7.11 Å². The Balaban J connectivity index is 2.29. The number of ether oxygens (including phenoxy) is 1. The molecule has 0 bridgehead atoms. The molecule has 0 spiro atoms. The van der Waals surface area contributed by atoms with Crippen molar-refractivity contribution < 1.29 is 4.74 Å². The number of aryl methyl sites for hydroxylation is 1. The molecule has 0 aliphatic heterocycles. The molecule has 2 heteroatoms. The van der Waals surface area contributed by atoms with E-state index in [1.807, 2.05) is 30.3 Å². The predicted molar refractivity (Wildman–Crippen MR) is 79.4 cm³/mol. The van der Waals surface area contributed by atoms with Crippen molar-refractivity contribution in [1.82, 2.24) is 0 Å². The summed E-state index contributed by atoms with van der Waals surface area (Å²) in [6.45, 7) is 4.16. The molecule has 2 nitrogen and oxygen atoms in total. The third kappa shape index (κ3) is 3.15. The second kappa shape index (κ2) is 5.45. The predicted octanol–water partition coefficient (Wildman–Crippen LogP) is 3.42. The molecule has 0 radical (unpaired) electrons. The third-order valence-electron chi connectivity index (χ3n) is 3.46. The maximum Gasteiger partial charge on any atom is 0.119 e. The number of rotatable bonds is 4. The summed E-state index contributed by atoms with van der Waals surface area (Å²) < 4.78 is 5.24. The fraction of sp³-hybridized carbons (Fsp3) is 0.294. The molecule has 2 aromatic rings. The van der Waals surface area contributed by atoms with E-state index in [2.05, 4.69) is 32.0 Å². The fourth-order valence-electron chi connectivity index (χ4n) is 2.52. The summed E-state index contributed by atoms with van der Waals surface area (Å²) in [4.78, 5) is 0. The molecule has 2 N–H and O–H groups in total. The number of methoxy groups -OCH3 is 1. The first-order valence-electron chi connectivity index (χ1n) is 6.51. The summed E-state index contributed by atoms with van der Waals surface area (Å²) in [5.41, 5.74) is 9.73. The highest BCUT2D eigenvalue weighted by molar-refractivity contribution is 5.39. The van der Waals surface area contributed by atoms with Crippen LogP contribution in [0.5, 0.6) is 5.75 Å². The van der Waals surface area contributed by atoms with E-state index in [0.717, 1.165) is 17.7 Å². The lowest BCUT2D eigenvalue weighted by atomic mass is 9.84. The van der Waals surface area contributed by atoms with Crippen molar-refractivity contribution in [2.45, 2.75) is 25.8 Å². The molecule has 2 rings (SSSR count). The number of hydrogen-bond acceptors (Lipinski definition) is 2. The normalized spacial score (nSPS) is 13.9. The van der Waals surface area contributed by atoms with Crippen molar-refractivity contribution in [3.63, 3.8) is 0 Å². The average Bonchev–Trinajstić information content (AvgIpc) is 2.38. The van der Waals surface area contributed by atoms with Gasteiger partial charge in [0.15, 0.2) is 0 Å². The van der Waals surface area contributed by atoms with Crippen LogP contribution in [0.3, 0.4) is 0 Å². The topological polar surface area (TPSA) is 35.2 Å². The van der Waals surface area contributed by atoms with Crippen LogP contribution in [-0.4, -0.2) is 7.11 Å². The van der Waals surface area contributed by atoms with E-state index < -0.39 is 0 Å². The van der Waals surface area contributed by atoms with E-state index in [-0.39, 0.29) is 5.54 Å². The molecule has 1 unspecified atom stereocenters. The van der Waals surface area contributed by atoms with Gasteiger partial charge in [0.2, 0.25) is 0 Å². The van der Waals surface area contributed by atoms with Gasteiger partial charge >= 0.3 is 0 Å². The standard InChI is InChI=1S/C17H21NO/c1-13-11-15(19-3)9-10-16(13)17(2,18)12-14-7-5-4-6-8-14/h4-11H,12,18H2,1-3H3. The Hall–Kier alpha value is -1.80. The Morgan fingerprint density at radius 2 is 1.79 bits per heavy atom. The highest BCUT2D eigenvalue weighted by Crippen LogP contribution is 2.28. The molecule has 0 aliphatic rings. The van der Waals surface area contributed by atoms with Crippen LogP contribution in [0.1, 0.15) is 23.6 Å². The van der Waals surface area contributed by atoms with Crippen LogP contribution in [-0.2, 0) is 12.0 Å². The summed E-state index contributed by atoms with van der Waals surface area (Å²) in [5, 5.41) is 0. The SMILES string of the molecule is COc1ccc(C(C)(N)Cc2ccccc2)c(C)c1. The van der Waals surface area contributed by atoms with Crippen molar-refractivity contribution in [3.05, 3.63) is 65.2 Å². The highest BCUT2D eigenvalue weighted by Gasteiger charge is 2.23. The van der Waals surface area contributed by atoms with Gasteiger partial charge in [-0.05, 0) is 49.1 Å². The molecule has 19 heavy (non-hydrogen) atoms. The Kier molecular flexibility index (Phi) is 3.91. The molecule has 0 saturated heterocycles. The Morgan fingerprint density at radius 1 is 1.11 bits per heavy atom. The lowest BCUT2D eigenvalue weighted by molar-refractivity contribution is 0.413. The van der Waals surface area contributed by atoms with Gasteiger partial charge in [0, 0.05) is 5.54 Å². The van der Waals surface area contributed by atoms with Gasteiger partial charge in [-0.1, -0.05) is 36.4 Å². The molecule has 0 aliphatic carbocycles. The molecular formula is C17H21NO.